The van der Waals surface area contributed by atoms with Crippen LogP contribution in [0, 0.1) is 0 Å². The third-order valence-corrected chi connectivity index (χ3v) is 2.87. The molecule has 0 bridgehead atoms. The van der Waals surface area contributed by atoms with E-state index in [2.05, 4.69) is 4.42 Å². The summed E-state index contributed by atoms with van der Waals surface area (Å²) in [6, 6.07) is 11.4. The maximum atomic E-state index is 11.0. The Hall–Kier alpha value is -1.48. The van der Waals surface area contributed by atoms with E-state index in [9.17, 15) is 4.79 Å². The lowest BCUT2D eigenvalue weighted by Crippen LogP contribution is -1.94. The van der Waals surface area contributed by atoms with Gasteiger partial charge in [0.1, 0.15) is 0 Å². The average Bonchev–Trinajstić information content (AvgIpc) is 2.29. The average molecular weight is 218 g/mol. The molecule has 0 unspecified atom stereocenters. The minimum absolute atomic E-state index is 0.318. The highest BCUT2D eigenvalue weighted by molar-refractivity contribution is 7.98. The molecule has 2 nitrogen and oxygen atoms in total. The molecule has 0 aliphatic rings. The van der Waals surface area contributed by atoms with E-state index in [4.69, 9.17) is 0 Å². The number of rotatable bonds is 2. The minimum Gasteiger partial charge on any atom is -0.431 e. The van der Waals surface area contributed by atoms with E-state index in [1.165, 1.54) is 17.2 Å². The Morgan fingerprint density at radius 2 is 1.80 bits per heavy atom. The van der Waals surface area contributed by atoms with Crippen molar-refractivity contribution in [1.82, 2.24) is 0 Å². The molecule has 1 aromatic carbocycles. The van der Waals surface area contributed by atoms with Crippen molar-refractivity contribution in [1.29, 1.82) is 0 Å². The molecule has 0 aliphatic carbocycles. The molecule has 0 spiro atoms. The molecular weight excluding hydrogens is 208 g/mol. The van der Waals surface area contributed by atoms with Crippen LogP contribution in [0.1, 0.15) is 0 Å². The summed E-state index contributed by atoms with van der Waals surface area (Å²) >= 11 is 1.70. The normalized spacial score (nSPS) is 10.2. The molecule has 2 aromatic rings. The van der Waals surface area contributed by atoms with Crippen LogP contribution in [0.4, 0.5) is 0 Å². The standard InChI is InChI=1S/C12H10O2S/c1-15-11-4-2-9(3-5-11)10-6-7-14-12(13)8-10/h2-8H,1H3. The van der Waals surface area contributed by atoms with Gasteiger partial charge in [-0.15, -0.1) is 11.8 Å². The molecule has 0 amide bonds. The van der Waals surface area contributed by atoms with Crippen molar-refractivity contribution in [3.8, 4) is 11.1 Å². The molecule has 0 atom stereocenters. The zero-order valence-electron chi connectivity index (χ0n) is 8.27. The van der Waals surface area contributed by atoms with Crippen molar-refractivity contribution in [3.63, 3.8) is 0 Å². The van der Waals surface area contributed by atoms with Crippen molar-refractivity contribution in [2.45, 2.75) is 4.90 Å². The Labute approximate surface area is 91.9 Å². The first-order valence-electron chi connectivity index (χ1n) is 4.53. The van der Waals surface area contributed by atoms with Gasteiger partial charge in [-0.3, -0.25) is 0 Å². The number of thioether (sulfide) groups is 1. The molecule has 0 fully saturated rings. The summed E-state index contributed by atoms with van der Waals surface area (Å²) in [7, 11) is 0. The van der Waals surface area contributed by atoms with E-state index in [0.717, 1.165) is 11.1 Å². The van der Waals surface area contributed by atoms with E-state index in [1.807, 2.05) is 30.5 Å². The maximum Gasteiger partial charge on any atom is 0.336 e. The third kappa shape index (κ3) is 2.30. The first-order chi connectivity index (χ1) is 7.29. The predicted octanol–water partition coefficient (Wildman–Crippen LogP) is 3.03. The molecule has 0 aliphatic heterocycles. The predicted molar refractivity (Wildman–Crippen MR) is 62.2 cm³/mol. The van der Waals surface area contributed by atoms with Crippen molar-refractivity contribution in [2.75, 3.05) is 6.26 Å². The monoisotopic (exact) mass is 218 g/mol. The van der Waals surface area contributed by atoms with Crippen LogP contribution in [0.25, 0.3) is 11.1 Å². The van der Waals surface area contributed by atoms with Gasteiger partial charge in [-0.25, -0.2) is 4.79 Å². The molecule has 1 aromatic heterocycles. The van der Waals surface area contributed by atoms with Gasteiger partial charge in [0.05, 0.1) is 6.26 Å². The quantitative estimate of drug-likeness (QED) is 0.726. The largest absolute Gasteiger partial charge is 0.431 e. The fraction of sp³-hybridized carbons (Fsp3) is 0.0833. The van der Waals surface area contributed by atoms with Gasteiger partial charge >= 0.3 is 5.63 Å². The lowest BCUT2D eigenvalue weighted by Gasteiger charge is -2.01. The van der Waals surface area contributed by atoms with E-state index >= 15 is 0 Å². The summed E-state index contributed by atoms with van der Waals surface area (Å²) in [6.45, 7) is 0. The number of benzene rings is 1. The zero-order chi connectivity index (χ0) is 10.7. The van der Waals surface area contributed by atoms with E-state index in [0.29, 0.717) is 0 Å². The van der Waals surface area contributed by atoms with Crippen LogP contribution in [0.15, 0.2) is 56.8 Å². The Morgan fingerprint density at radius 3 is 2.40 bits per heavy atom. The molecule has 1 heterocycles. The van der Waals surface area contributed by atoms with Crippen molar-refractivity contribution >= 4 is 11.8 Å². The molecule has 15 heavy (non-hydrogen) atoms. The number of hydrogen-bond acceptors (Lipinski definition) is 3. The molecular formula is C12H10O2S. The smallest absolute Gasteiger partial charge is 0.336 e. The third-order valence-electron chi connectivity index (χ3n) is 2.13. The van der Waals surface area contributed by atoms with E-state index in [1.54, 1.807) is 17.8 Å². The Morgan fingerprint density at radius 1 is 1.07 bits per heavy atom. The van der Waals surface area contributed by atoms with Crippen LogP contribution in [-0.2, 0) is 0 Å². The van der Waals surface area contributed by atoms with Gasteiger partial charge in [0, 0.05) is 11.0 Å². The van der Waals surface area contributed by atoms with Crippen molar-refractivity contribution < 1.29 is 4.42 Å². The molecule has 0 N–H and O–H groups in total. The second-order valence-corrected chi connectivity index (χ2v) is 3.95. The van der Waals surface area contributed by atoms with Crippen LogP contribution in [0.5, 0.6) is 0 Å². The highest BCUT2D eigenvalue weighted by Gasteiger charge is 1.98. The summed E-state index contributed by atoms with van der Waals surface area (Å²) in [5.41, 5.74) is 1.60. The van der Waals surface area contributed by atoms with Gasteiger partial charge in [0.25, 0.3) is 0 Å². The highest BCUT2D eigenvalue weighted by Crippen LogP contribution is 2.21. The SMILES string of the molecule is CSc1ccc(-c2ccoc(=O)c2)cc1. The Bertz CT molecular complexity index is 500. The number of hydrogen-bond donors (Lipinski definition) is 0. The second kappa shape index (κ2) is 4.36. The summed E-state index contributed by atoms with van der Waals surface area (Å²) in [4.78, 5) is 12.2. The summed E-state index contributed by atoms with van der Waals surface area (Å²) in [5, 5.41) is 0. The molecule has 3 heteroatoms. The maximum absolute atomic E-state index is 11.0. The fourth-order valence-electron chi connectivity index (χ4n) is 1.35. The van der Waals surface area contributed by atoms with Crippen molar-refractivity contribution in [2.24, 2.45) is 0 Å². The first-order valence-corrected chi connectivity index (χ1v) is 5.75. The second-order valence-electron chi connectivity index (χ2n) is 3.07. The van der Waals surface area contributed by atoms with E-state index in [-0.39, 0.29) is 5.63 Å². The minimum atomic E-state index is -0.318. The molecule has 2 rings (SSSR count). The molecule has 0 radical (unpaired) electrons. The summed E-state index contributed by atoms with van der Waals surface area (Å²) < 4.78 is 4.67. The zero-order valence-corrected chi connectivity index (χ0v) is 9.08. The summed E-state index contributed by atoms with van der Waals surface area (Å²) in [6.07, 6.45) is 3.45. The van der Waals surface area contributed by atoms with Gasteiger partial charge in [0.2, 0.25) is 0 Å². The first kappa shape index (κ1) is 10.1. The Kier molecular flexibility index (Phi) is 2.92. The lowest BCUT2D eigenvalue weighted by molar-refractivity contribution is 0.511. The van der Waals surface area contributed by atoms with Crippen LogP contribution < -0.4 is 5.63 Å². The van der Waals surface area contributed by atoms with Crippen molar-refractivity contribution in [3.05, 3.63) is 53.1 Å². The van der Waals surface area contributed by atoms with Gasteiger partial charge in [-0.05, 0) is 35.6 Å². The van der Waals surface area contributed by atoms with Crippen LogP contribution >= 0.6 is 11.8 Å². The van der Waals surface area contributed by atoms with Gasteiger partial charge < -0.3 is 4.42 Å². The van der Waals surface area contributed by atoms with Crippen LogP contribution in [0.2, 0.25) is 0 Å². The van der Waals surface area contributed by atoms with Gasteiger partial charge in [0.15, 0.2) is 0 Å². The fourth-order valence-corrected chi connectivity index (χ4v) is 1.75. The van der Waals surface area contributed by atoms with Gasteiger partial charge in [-0.2, -0.15) is 0 Å². The van der Waals surface area contributed by atoms with Crippen LogP contribution in [-0.4, -0.2) is 6.26 Å². The van der Waals surface area contributed by atoms with E-state index < -0.39 is 0 Å². The highest BCUT2D eigenvalue weighted by atomic mass is 32.2. The lowest BCUT2D eigenvalue weighted by atomic mass is 10.1. The van der Waals surface area contributed by atoms with Gasteiger partial charge in [-0.1, -0.05) is 12.1 Å². The summed E-state index contributed by atoms with van der Waals surface area (Å²) in [5.74, 6) is 0. The molecule has 0 saturated carbocycles. The molecule has 0 saturated heterocycles. The molecule has 76 valence electrons. The topological polar surface area (TPSA) is 30.2 Å². The van der Waals surface area contributed by atoms with Crippen LogP contribution in [0.3, 0.4) is 0 Å². The Balaban J connectivity index is 2.41.